The lowest BCUT2D eigenvalue weighted by Gasteiger charge is -2.13. The van der Waals surface area contributed by atoms with Gasteiger partial charge in [0, 0.05) is 9.85 Å². The van der Waals surface area contributed by atoms with E-state index in [4.69, 9.17) is 39.5 Å². The summed E-state index contributed by atoms with van der Waals surface area (Å²) in [7, 11) is 1.36. The van der Waals surface area contributed by atoms with E-state index in [2.05, 4.69) is 21.2 Å². The number of nitrogens with one attached hydrogen (secondary N) is 1. The second kappa shape index (κ2) is 8.93. The molecule has 150 valence electrons. The minimum atomic E-state index is -1.18. The first kappa shape index (κ1) is 21.9. The number of rotatable bonds is 5. The molecule has 3 aromatic rings. The van der Waals surface area contributed by atoms with Gasteiger partial charge in [0.05, 0.1) is 38.3 Å². The number of amides is 1. The van der Waals surface area contributed by atoms with E-state index in [0.29, 0.717) is 10.4 Å². The van der Waals surface area contributed by atoms with Crippen molar-refractivity contribution in [2.45, 2.75) is 0 Å². The van der Waals surface area contributed by atoms with Crippen molar-refractivity contribution in [1.82, 2.24) is 0 Å². The average molecular weight is 536 g/mol. The third-order valence-corrected chi connectivity index (χ3v) is 6.42. The summed E-state index contributed by atoms with van der Waals surface area (Å²) in [5.41, 5.74) is 0.743. The Kier molecular flexibility index (Phi) is 6.76. The summed E-state index contributed by atoms with van der Waals surface area (Å²) < 4.78 is 5.97. The smallest absolute Gasteiger partial charge is 0.339 e. The Morgan fingerprint density at radius 1 is 1.10 bits per heavy atom. The maximum absolute atomic E-state index is 12.8. The van der Waals surface area contributed by atoms with E-state index in [-0.39, 0.29) is 37.6 Å². The van der Waals surface area contributed by atoms with Crippen LogP contribution in [0.25, 0.3) is 10.4 Å². The number of halogens is 4. The summed E-state index contributed by atoms with van der Waals surface area (Å²) in [6.07, 6.45) is 0. The highest BCUT2D eigenvalue weighted by Crippen LogP contribution is 2.41. The molecule has 0 bridgehead atoms. The number of benzene rings is 2. The Morgan fingerprint density at radius 2 is 1.76 bits per heavy atom. The van der Waals surface area contributed by atoms with Gasteiger partial charge in [0.25, 0.3) is 5.91 Å². The van der Waals surface area contributed by atoms with Crippen LogP contribution < -0.4 is 10.1 Å². The molecule has 29 heavy (non-hydrogen) atoms. The van der Waals surface area contributed by atoms with Gasteiger partial charge in [-0.1, -0.05) is 62.9 Å². The zero-order chi connectivity index (χ0) is 21.3. The number of carbonyl (C=O) groups excluding carboxylic acids is 1. The van der Waals surface area contributed by atoms with Crippen LogP contribution >= 0.6 is 62.1 Å². The van der Waals surface area contributed by atoms with Gasteiger partial charge in [0.15, 0.2) is 5.75 Å². The van der Waals surface area contributed by atoms with Gasteiger partial charge >= 0.3 is 5.97 Å². The number of anilines is 1. The maximum atomic E-state index is 12.8. The molecule has 0 aliphatic rings. The second-order valence-electron chi connectivity index (χ2n) is 5.68. The number of methoxy groups -OCH3 is 1. The first-order valence-corrected chi connectivity index (χ1v) is 10.7. The molecule has 3 rings (SSSR count). The van der Waals surface area contributed by atoms with Crippen molar-refractivity contribution < 1.29 is 19.4 Å². The lowest BCUT2D eigenvalue weighted by Crippen LogP contribution is -2.15. The predicted octanol–water partition coefficient (Wildman–Crippen LogP) is 7.10. The van der Waals surface area contributed by atoms with Crippen LogP contribution in [0, 0.1) is 0 Å². The van der Waals surface area contributed by atoms with Crippen molar-refractivity contribution in [2.24, 2.45) is 0 Å². The van der Waals surface area contributed by atoms with Crippen LogP contribution in [0.4, 0.5) is 5.69 Å². The van der Waals surface area contributed by atoms with E-state index in [9.17, 15) is 14.7 Å². The number of hydrogen-bond acceptors (Lipinski definition) is 4. The number of carbonyl (C=O) groups is 2. The number of ether oxygens (including phenoxy) is 1. The lowest BCUT2D eigenvalue weighted by atomic mass is 10.1. The van der Waals surface area contributed by atoms with Crippen LogP contribution in [0.1, 0.15) is 20.7 Å². The highest BCUT2D eigenvalue weighted by molar-refractivity contribution is 9.10. The molecule has 0 aliphatic carbocycles. The molecule has 0 radical (unpaired) electrons. The van der Waals surface area contributed by atoms with Crippen LogP contribution in [-0.2, 0) is 0 Å². The third kappa shape index (κ3) is 4.39. The van der Waals surface area contributed by atoms with Crippen LogP contribution in [-0.4, -0.2) is 24.1 Å². The van der Waals surface area contributed by atoms with Crippen molar-refractivity contribution in [2.75, 3.05) is 12.4 Å². The van der Waals surface area contributed by atoms with Crippen molar-refractivity contribution in [1.29, 1.82) is 0 Å². The van der Waals surface area contributed by atoms with E-state index in [1.807, 2.05) is 0 Å². The molecule has 0 unspecified atom stereocenters. The molecule has 1 heterocycles. The Labute approximate surface area is 193 Å². The van der Waals surface area contributed by atoms with E-state index >= 15 is 0 Å². The van der Waals surface area contributed by atoms with Crippen LogP contribution in [0.15, 0.2) is 40.2 Å². The minimum absolute atomic E-state index is 0.0125. The topological polar surface area (TPSA) is 75.6 Å². The number of thiophene rings is 1. The normalized spacial score (nSPS) is 10.7. The summed E-state index contributed by atoms with van der Waals surface area (Å²) in [4.78, 5) is 25.2. The quantitative estimate of drug-likeness (QED) is 0.366. The van der Waals surface area contributed by atoms with E-state index in [1.165, 1.54) is 24.5 Å². The van der Waals surface area contributed by atoms with Crippen LogP contribution in [0.5, 0.6) is 5.75 Å². The van der Waals surface area contributed by atoms with Gasteiger partial charge in [-0.2, -0.15) is 0 Å². The Hall–Kier alpha value is -1.77. The maximum Gasteiger partial charge on any atom is 0.339 e. The third-order valence-electron chi connectivity index (χ3n) is 3.92. The number of carboxylic acids is 1. The van der Waals surface area contributed by atoms with E-state index < -0.39 is 11.9 Å². The number of hydrogen-bond donors (Lipinski definition) is 2. The molecule has 0 aliphatic heterocycles. The Bertz CT molecular complexity index is 1120. The molecular formula is C19H11BrCl3NO4S. The van der Waals surface area contributed by atoms with Gasteiger partial charge in [-0.15, -0.1) is 11.3 Å². The second-order valence-corrected chi connectivity index (χ2v) is 8.67. The fourth-order valence-corrected chi connectivity index (χ4v) is 4.98. The molecular weight excluding hydrogens is 525 g/mol. The van der Waals surface area contributed by atoms with E-state index in [1.54, 1.807) is 29.6 Å². The molecule has 1 amide bonds. The molecule has 0 atom stereocenters. The lowest BCUT2D eigenvalue weighted by molar-refractivity contribution is 0.0699. The first-order valence-electron chi connectivity index (χ1n) is 7.88. The van der Waals surface area contributed by atoms with Crippen molar-refractivity contribution in [3.05, 3.63) is 66.4 Å². The average Bonchev–Trinajstić information content (AvgIpc) is 3.06. The number of aromatic carboxylic acids is 1. The summed E-state index contributed by atoms with van der Waals surface area (Å²) in [5.74, 6) is -1.76. The standard InChI is InChI=1S/C19H11BrCl3NO4S/c1-28-16-11(22)6-10(21)13(15(16)23)18(25)24-12-7-29-17(14(12)19(26)27)8-2-4-9(20)5-3-8/h2-7H,1H3,(H,24,25)(H,26,27). The first-order chi connectivity index (χ1) is 13.7. The highest BCUT2D eigenvalue weighted by Gasteiger charge is 2.25. The zero-order valence-electron chi connectivity index (χ0n) is 14.6. The Balaban J connectivity index is 2.02. The van der Waals surface area contributed by atoms with Gasteiger partial charge in [0.1, 0.15) is 5.56 Å². The van der Waals surface area contributed by atoms with Crippen molar-refractivity contribution in [3.63, 3.8) is 0 Å². The molecule has 0 spiro atoms. The molecule has 10 heteroatoms. The fourth-order valence-electron chi connectivity index (χ4n) is 2.63. The molecule has 2 aromatic carbocycles. The summed E-state index contributed by atoms with van der Waals surface area (Å²) in [5, 5.41) is 13.9. The van der Waals surface area contributed by atoms with E-state index in [0.717, 1.165) is 4.47 Å². The molecule has 0 saturated heterocycles. The SMILES string of the molecule is COc1c(Cl)cc(Cl)c(C(=O)Nc2csc(-c3ccc(Br)cc3)c2C(=O)O)c1Cl. The van der Waals surface area contributed by atoms with Crippen molar-refractivity contribution >= 4 is 79.6 Å². The predicted molar refractivity (Wildman–Crippen MR) is 120 cm³/mol. The molecule has 1 aromatic heterocycles. The monoisotopic (exact) mass is 533 g/mol. The van der Waals surface area contributed by atoms with Gasteiger partial charge in [-0.3, -0.25) is 4.79 Å². The Morgan fingerprint density at radius 3 is 2.34 bits per heavy atom. The van der Waals surface area contributed by atoms with Crippen LogP contribution in [0.2, 0.25) is 15.1 Å². The van der Waals surface area contributed by atoms with Gasteiger partial charge < -0.3 is 15.2 Å². The molecule has 0 fully saturated rings. The zero-order valence-corrected chi connectivity index (χ0v) is 19.2. The van der Waals surface area contributed by atoms with Gasteiger partial charge in [-0.05, 0) is 23.8 Å². The summed E-state index contributed by atoms with van der Waals surface area (Å²) in [6.45, 7) is 0. The fraction of sp³-hybridized carbons (Fsp3) is 0.0526. The molecule has 0 saturated carbocycles. The highest BCUT2D eigenvalue weighted by atomic mass is 79.9. The molecule has 5 nitrogen and oxygen atoms in total. The van der Waals surface area contributed by atoms with Gasteiger partial charge in [-0.25, -0.2) is 4.79 Å². The van der Waals surface area contributed by atoms with Crippen molar-refractivity contribution in [3.8, 4) is 16.2 Å². The van der Waals surface area contributed by atoms with Gasteiger partial charge in [0.2, 0.25) is 0 Å². The largest absolute Gasteiger partial charge is 0.494 e. The summed E-state index contributed by atoms with van der Waals surface area (Å²) in [6, 6.07) is 8.51. The molecule has 2 N–H and O–H groups in total. The number of carboxylic acid groups (broad SMARTS) is 1. The summed E-state index contributed by atoms with van der Waals surface area (Å²) >= 11 is 22.9. The van der Waals surface area contributed by atoms with Crippen LogP contribution in [0.3, 0.4) is 0 Å². The minimum Gasteiger partial charge on any atom is -0.494 e.